The fraction of sp³-hybridized carbons (Fsp3) is 0.600. The summed E-state index contributed by atoms with van der Waals surface area (Å²) in [5.74, 6) is 0.893. The molecule has 4 nitrogen and oxygen atoms in total. The maximum absolute atomic E-state index is 12.5. The van der Waals surface area contributed by atoms with Crippen LogP contribution in [0.3, 0.4) is 0 Å². The van der Waals surface area contributed by atoms with Gasteiger partial charge in [-0.15, -0.1) is 0 Å². The van der Waals surface area contributed by atoms with E-state index in [2.05, 4.69) is 17.2 Å². The summed E-state index contributed by atoms with van der Waals surface area (Å²) in [6, 6.07) is 1.87. The molecule has 19 heavy (non-hydrogen) atoms. The normalized spacial score (nSPS) is 16.4. The first kappa shape index (κ1) is 13.8. The molecule has 1 aromatic rings. The quantitative estimate of drug-likeness (QED) is 0.906. The minimum Gasteiger partial charge on any atom is -0.385 e. The highest BCUT2D eigenvalue weighted by atomic mass is 16.2. The Morgan fingerprint density at radius 3 is 2.79 bits per heavy atom. The maximum atomic E-state index is 12.5. The summed E-state index contributed by atoms with van der Waals surface area (Å²) in [5.41, 5.74) is 1.58. The zero-order valence-corrected chi connectivity index (χ0v) is 11.9. The Labute approximate surface area is 115 Å². The van der Waals surface area contributed by atoms with Crippen LogP contribution in [0.1, 0.15) is 43.5 Å². The Balaban J connectivity index is 2.07. The van der Waals surface area contributed by atoms with Gasteiger partial charge >= 0.3 is 0 Å². The lowest BCUT2D eigenvalue weighted by Crippen LogP contribution is -2.38. The number of piperidine rings is 1. The molecule has 0 radical (unpaired) electrons. The molecule has 1 amide bonds. The number of aromatic nitrogens is 1. The second kappa shape index (κ2) is 6.55. The highest BCUT2D eigenvalue weighted by molar-refractivity contribution is 5.99. The lowest BCUT2D eigenvalue weighted by Gasteiger charge is -2.31. The number of hydrogen-bond acceptors (Lipinski definition) is 3. The zero-order valence-electron chi connectivity index (χ0n) is 11.9. The van der Waals surface area contributed by atoms with Gasteiger partial charge in [0.2, 0.25) is 0 Å². The van der Waals surface area contributed by atoms with Gasteiger partial charge in [-0.3, -0.25) is 9.78 Å². The van der Waals surface area contributed by atoms with Gasteiger partial charge in [0.25, 0.3) is 5.91 Å². The molecule has 1 saturated heterocycles. The van der Waals surface area contributed by atoms with Crippen LogP contribution >= 0.6 is 0 Å². The minimum atomic E-state index is 0.110. The third kappa shape index (κ3) is 3.25. The lowest BCUT2D eigenvalue weighted by atomic mass is 9.94. The van der Waals surface area contributed by atoms with Gasteiger partial charge in [-0.25, -0.2) is 0 Å². The molecule has 0 bridgehead atoms. The molecule has 1 N–H and O–H groups in total. The lowest BCUT2D eigenvalue weighted by molar-refractivity contribution is 0.0689. The van der Waals surface area contributed by atoms with Gasteiger partial charge in [-0.1, -0.05) is 13.3 Å². The van der Waals surface area contributed by atoms with Gasteiger partial charge in [0.15, 0.2) is 0 Å². The second-order valence-electron chi connectivity index (χ2n) is 5.10. The summed E-state index contributed by atoms with van der Waals surface area (Å²) in [6.07, 6.45) is 6.86. The number of hydrogen-bond donors (Lipinski definition) is 1. The molecule has 2 heterocycles. The molecule has 0 unspecified atom stereocenters. The molecule has 1 fully saturated rings. The smallest absolute Gasteiger partial charge is 0.257 e. The van der Waals surface area contributed by atoms with Crippen LogP contribution in [0.5, 0.6) is 0 Å². The fourth-order valence-electron chi connectivity index (χ4n) is 2.62. The van der Waals surface area contributed by atoms with Crippen molar-refractivity contribution in [1.29, 1.82) is 0 Å². The van der Waals surface area contributed by atoms with Crippen LogP contribution in [-0.4, -0.2) is 35.4 Å². The molecule has 0 aliphatic carbocycles. The summed E-state index contributed by atoms with van der Waals surface area (Å²) < 4.78 is 0. The van der Waals surface area contributed by atoms with Crippen LogP contribution < -0.4 is 5.32 Å². The highest BCUT2D eigenvalue weighted by Crippen LogP contribution is 2.23. The van der Waals surface area contributed by atoms with E-state index in [9.17, 15) is 4.79 Å². The van der Waals surface area contributed by atoms with Gasteiger partial charge < -0.3 is 10.2 Å². The number of carbonyl (C=O) groups excluding carboxylic acids is 1. The predicted molar refractivity (Wildman–Crippen MR) is 77.3 cm³/mol. The van der Waals surface area contributed by atoms with Crippen molar-refractivity contribution >= 4 is 11.6 Å². The molecule has 1 aromatic heterocycles. The van der Waals surface area contributed by atoms with E-state index in [1.807, 2.05) is 17.9 Å². The summed E-state index contributed by atoms with van der Waals surface area (Å²) in [6.45, 7) is 6.81. The molecule has 0 atom stereocenters. The summed E-state index contributed by atoms with van der Waals surface area (Å²) in [5, 5.41) is 3.23. The van der Waals surface area contributed by atoms with Crippen molar-refractivity contribution in [3.8, 4) is 0 Å². The average molecular weight is 261 g/mol. The zero-order chi connectivity index (χ0) is 13.7. The van der Waals surface area contributed by atoms with Crippen LogP contribution in [0.2, 0.25) is 0 Å². The van der Waals surface area contributed by atoms with Gasteiger partial charge in [-0.05, 0) is 31.7 Å². The molecule has 0 spiro atoms. The first-order valence-electron chi connectivity index (χ1n) is 7.23. The standard InChI is InChI=1S/C15H23N3O/c1-3-12-6-9-18(10-7-12)15(19)13-11-16-8-5-14(13)17-4-2/h5,8,11-12H,3-4,6-7,9-10H2,1-2H3,(H,16,17). The molecule has 0 aromatic carbocycles. The number of nitrogens with zero attached hydrogens (tertiary/aromatic N) is 2. The Bertz CT molecular complexity index is 425. The number of anilines is 1. The van der Waals surface area contributed by atoms with Crippen LogP contribution in [0.25, 0.3) is 0 Å². The molecule has 4 heteroatoms. The Hall–Kier alpha value is -1.58. The first-order valence-corrected chi connectivity index (χ1v) is 7.23. The van der Waals surface area contributed by atoms with Gasteiger partial charge in [0.05, 0.1) is 11.3 Å². The van der Waals surface area contributed by atoms with Crippen LogP contribution in [0, 0.1) is 5.92 Å². The van der Waals surface area contributed by atoms with E-state index < -0.39 is 0 Å². The Morgan fingerprint density at radius 2 is 2.16 bits per heavy atom. The van der Waals surface area contributed by atoms with Crippen molar-refractivity contribution in [1.82, 2.24) is 9.88 Å². The van der Waals surface area contributed by atoms with E-state index >= 15 is 0 Å². The summed E-state index contributed by atoms with van der Waals surface area (Å²) in [4.78, 5) is 18.6. The van der Waals surface area contributed by atoms with Gasteiger partial charge in [0, 0.05) is 32.0 Å². The highest BCUT2D eigenvalue weighted by Gasteiger charge is 2.24. The number of amides is 1. The third-order valence-electron chi connectivity index (χ3n) is 3.90. The molecular weight excluding hydrogens is 238 g/mol. The molecule has 104 valence electrons. The SMILES string of the molecule is CCNc1ccncc1C(=O)N1CCC(CC)CC1. The first-order chi connectivity index (χ1) is 9.26. The monoisotopic (exact) mass is 261 g/mol. The molecule has 1 aliphatic rings. The van der Waals surface area contributed by atoms with Crippen LogP contribution in [0.15, 0.2) is 18.5 Å². The average Bonchev–Trinajstić information content (AvgIpc) is 2.47. The third-order valence-corrected chi connectivity index (χ3v) is 3.90. The number of likely N-dealkylation sites (tertiary alicyclic amines) is 1. The maximum Gasteiger partial charge on any atom is 0.257 e. The number of carbonyl (C=O) groups is 1. The van der Waals surface area contributed by atoms with Crippen molar-refractivity contribution in [2.24, 2.45) is 5.92 Å². The molecule has 1 aliphatic heterocycles. The van der Waals surface area contributed by atoms with E-state index in [1.165, 1.54) is 6.42 Å². The van der Waals surface area contributed by atoms with Crippen LogP contribution in [-0.2, 0) is 0 Å². The second-order valence-corrected chi connectivity index (χ2v) is 5.10. The van der Waals surface area contributed by atoms with Crippen molar-refractivity contribution in [2.75, 3.05) is 25.0 Å². The summed E-state index contributed by atoms with van der Waals surface area (Å²) >= 11 is 0. The number of nitrogens with one attached hydrogen (secondary N) is 1. The largest absolute Gasteiger partial charge is 0.385 e. The fourth-order valence-corrected chi connectivity index (χ4v) is 2.62. The Morgan fingerprint density at radius 1 is 1.42 bits per heavy atom. The van der Waals surface area contributed by atoms with Gasteiger partial charge in [-0.2, -0.15) is 0 Å². The molecule has 0 saturated carbocycles. The summed E-state index contributed by atoms with van der Waals surface area (Å²) in [7, 11) is 0. The Kier molecular flexibility index (Phi) is 4.77. The topological polar surface area (TPSA) is 45.2 Å². The van der Waals surface area contributed by atoms with Crippen molar-refractivity contribution in [3.05, 3.63) is 24.0 Å². The molecule has 2 rings (SSSR count). The molecular formula is C15H23N3O. The number of rotatable bonds is 4. The van der Waals surface area contributed by atoms with E-state index in [4.69, 9.17) is 0 Å². The minimum absolute atomic E-state index is 0.110. The van der Waals surface area contributed by atoms with E-state index in [-0.39, 0.29) is 5.91 Å². The number of pyridine rings is 1. The van der Waals surface area contributed by atoms with Crippen molar-refractivity contribution in [2.45, 2.75) is 33.1 Å². The van der Waals surface area contributed by atoms with Crippen molar-refractivity contribution in [3.63, 3.8) is 0 Å². The van der Waals surface area contributed by atoms with E-state index in [0.29, 0.717) is 5.56 Å². The van der Waals surface area contributed by atoms with Crippen LogP contribution in [0.4, 0.5) is 5.69 Å². The van der Waals surface area contributed by atoms with E-state index in [1.54, 1.807) is 12.4 Å². The van der Waals surface area contributed by atoms with Crippen molar-refractivity contribution < 1.29 is 4.79 Å². The predicted octanol–water partition coefficient (Wildman–Crippen LogP) is 2.78. The van der Waals surface area contributed by atoms with Gasteiger partial charge in [0.1, 0.15) is 0 Å². The van der Waals surface area contributed by atoms with E-state index in [0.717, 1.165) is 44.1 Å².